The molecule has 0 atom stereocenters. The highest BCUT2D eigenvalue weighted by Crippen LogP contribution is 2.29. The highest BCUT2D eigenvalue weighted by molar-refractivity contribution is 7.97. The second kappa shape index (κ2) is 7.58. The van der Waals surface area contributed by atoms with Crippen LogP contribution in [-0.2, 0) is 6.18 Å². The van der Waals surface area contributed by atoms with Crippen molar-refractivity contribution in [3.8, 4) is 0 Å². The summed E-state index contributed by atoms with van der Waals surface area (Å²) in [6.45, 7) is 0.585. The molecule has 1 aromatic carbocycles. The predicted molar refractivity (Wildman–Crippen MR) is 64.5 cm³/mol. The zero-order valence-corrected chi connectivity index (χ0v) is 10.3. The molecule has 0 saturated heterocycles. The lowest BCUT2D eigenvalue weighted by atomic mass is 10.1. The standard InChI is InChI=1S/C8H5F3OS.C2H6ClN/c9-8(10,11)6-3-1-2-5(4-6)7(12)13;3-1-2-4/h1-4H,(H,12,13);1-2,4H2. The zero-order chi connectivity index (χ0) is 13.5. The van der Waals surface area contributed by atoms with E-state index < -0.39 is 16.9 Å². The van der Waals surface area contributed by atoms with E-state index in [1.165, 1.54) is 12.1 Å². The van der Waals surface area contributed by atoms with E-state index >= 15 is 0 Å². The summed E-state index contributed by atoms with van der Waals surface area (Å²) in [5, 5.41) is -0.675. The van der Waals surface area contributed by atoms with Crippen LogP contribution in [0, 0.1) is 0 Å². The topological polar surface area (TPSA) is 43.1 Å². The Balaban J connectivity index is 0.000000557. The van der Waals surface area contributed by atoms with Gasteiger partial charge in [0.1, 0.15) is 0 Å². The van der Waals surface area contributed by atoms with E-state index in [2.05, 4.69) is 12.6 Å². The van der Waals surface area contributed by atoms with Crippen LogP contribution in [0.4, 0.5) is 13.2 Å². The van der Waals surface area contributed by atoms with Crippen molar-refractivity contribution in [2.45, 2.75) is 6.18 Å². The van der Waals surface area contributed by atoms with Crippen LogP contribution in [-0.4, -0.2) is 17.5 Å². The Bertz CT molecular complexity index is 369. The molecule has 0 fully saturated rings. The molecule has 17 heavy (non-hydrogen) atoms. The second-order valence-electron chi connectivity index (χ2n) is 2.86. The fourth-order valence-electron chi connectivity index (χ4n) is 0.829. The Labute approximate surface area is 107 Å². The van der Waals surface area contributed by atoms with E-state index in [4.69, 9.17) is 17.3 Å². The number of carbonyl (C=O) groups is 1. The maximum atomic E-state index is 12.1. The van der Waals surface area contributed by atoms with Gasteiger partial charge in [-0.25, -0.2) is 0 Å². The Morgan fingerprint density at radius 1 is 1.41 bits per heavy atom. The van der Waals surface area contributed by atoms with Gasteiger partial charge in [-0.2, -0.15) is 13.2 Å². The highest BCUT2D eigenvalue weighted by atomic mass is 35.5. The number of nitrogens with two attached hydrogens (primary N) is 1. The first-order chi connectivity index (χ1) is 7.82. The summed E-state index contributed by atoms with van der Waals surface area (Å²) in [5.74, 6) is 0.569. The molecule has 0 saturated carbocycles. The molecule has 1 aromatic rings. The molecule has 0 aliphatic rings. The molecule has 0 aromatic heterocycles. The van der Waals surface area contributed by atoms with E-state index in [1.54, 1.807) is 0 Å². The average Bonchev–Trinajstić information content (AvgIpc) is 2.28. The molecule has 2 nitrogen and oxygen atoms in total. The number of halogens is 4. The first-order valence-electron chi connectivity index (χ1n) is 4.49. The van der Waals surface area contributed by atoms with E-state index in [-0.39, 0.29) is 5.56 Å². The molecule has 0 radical (unpaired) electrons. The molecule has 0 spiro atoms. The largest absolute Gasteiger partial charge is 0.416 e. The van der Waals surface area contributed by atoms with Gasteiger partial charge in [-0.3, -0.25) is 4.79 Å². The Kier molecular flexibility index (Phi) is 7.26. The third-order valence-electron chi connectivity index (χ3n) is 1.55. The summed E-state index contributed by atoms with van der Waals surface area (Å²) in [5.41, 5.74) is 4.00. The van der Waals surface area contributed by atoms with Crippen LogP contribution in [0.5, 0.6) is 0 Å². The van der Waals surface area contributed by atoms with E-state index in [0.29, 0.717) is 12.4 Å². The average molecular weight is 286 g/mol. The number of rotatable bonds is 2. The maximum absolute atomic E-state index is 12.1. The molecule has 0 aliphatic heterocycles. The van der Waals surface area contributed by atoms with Gasteiger partial charge >= 0.3 is 6.18 Å². The number of benzene rings is 1. The fraction of sp³-hybridized carbons (Fsp3) is 0.300. The highest BCUT2D eigenvalue weighted by Gasteiger charge is 2.30. The summed E-state index contributed by atoms with van der Waals surface area (Å²) in [7, 11) is 0. The van der Waals surface area contributed by atoms with Crippen molar-refractivity contribution in [1.82, 2.24) is 0 Å². The van der Waals surface area contributed by atoms with Gasteiger partial charge in [-0.15, -0.1) is 24.2 Å². The summed E-state index contributed by atoms with van der Waals surface area (Å²) in [6.07, 6.45) is -4.42. The molecular formula is C10H11ClF3NOS. The van der Waals surface area contributed by atoms with Crippen molar-refractivity contribution in [3.63, 3.8) is 0 Å². The first-order valence-corrected chi connectivity index (χ1v) is 5.47. The number of hydrogen-bond donors (Lipinski definition) is 2. The quantitative estimate of drug-likeness (QED) is 0.648. The summed E-state index contributed by atoms with van der Waals surface area (Å²) < 4.78 is 36.3. The third-order valence-corrected chi connectivity index (χ3v) is 2.02. The van der Waals surface area contributed by atoms with Crippen LogP contribution in [0.15, 0.2) is 24.3 Å². The van der Waals surface area contributed by atoms with Crippen LogP contribution in [0.1, 0.15) is 15.9 Å². The molecule has 0 bridgehead atoms. The van der Waals surface area contributed by atoms with Crippen molar-refractivity contribution >= 4 is 29.3 Å². The van der Waals surface area contributed by atoms with E-state index in [0.717, 1.165) is 12.1 Å². The maximum Gasteiger partial charge on any atom is 0.416 e. The second-order valence-corrected chi connectivity index (χ2v) is 3.65. The van der Waals surface area contributed by atoms with Crippen molar-refractivity contribution in [1.29, 1.82) is 0 Å². The van der Waals surface area contributed by atoms with Gasteiger partial charge in [-0.05, 0) is 12.1 Å². The lowest BCUT2D eigenvalue weighted by Crippen LogP contribution is -2.05. The number of alkyl halides is 4. The van der Waals surface area contributed by atoms with Crippen molar-refractivity contribution in [2.24, 2.45) is 5.73 Å². The Morgan fingerprint density at radius 3 is 2.29 bits per heavy atom. The lowest BCUT2D eigenvalue weighted by molar-refractivity contribution is -0.137. The van der Waals surface area contributed by atoms with Crippen molar-refractivity contribution in [2.75, 3.05) is 12.4 Å². The molecule has 96 valence electrons. The van der Waals surface area contributed by atoms with Gasteiger partial charge in [0.2, 0.25) is 5.12 Å². The van der Waals surface area contributed by atoms with Crippen LogP contribution >= 0.6 is 24.2 Å². The molecule has 2 N–H and O–H groups in total. The van der Waals surface area contributed by atoms with Gasteiger partial charge in [0.15, 0.2) is 0 Å². The van der Waals surface area contributed by atoms with E-state index in [9.17, 15) is 18.0 Å². The SMILES string of the molecule is NCCCl.O=C(S)c1cccc(C(F)(F)F)c1. The number of hydrogen-bond acceptors (Lipinski definition) is 2. The summed E-state index contributed by atoms with van der Waals surface area (Å²) >= 11 is 8.49. The minimum absolute atomic E-state index is 0.0573. The number of carbonyl (C=O) groups excluding carboxylic acids is 1. The number of thiol groups is 1. The van der Waals surface area contributed by atoms with Gasteiger partial charge in [0.05, 0.1) is 5.56 Å². The molecule has 7 heteroatoms. The molecular weight excluding hydrogens is 275 g/mol. The van der Waals surface area contributed by atoms with Crippen molar-refractivity contribution < 1.29 is 18.0 Å². The lowest BCUT2D eigenvalue weighted by Gasteiger charge is -2.06. The fourth-order valence-corrected chi connectivity index (χ4v) is 0.968. The van der Waals surface area contributed by atoms with Crippen LogP contribution in [0.2, 0.25) is 0 Å². The Hall–Kier alpha value is -0.720. The van der Waals surface area contributed by atoms with E-state index in [1.807, 2.05) is 0 Å². The summed E-state index contributed by atoms with van der Waals surface area (Å²) in [4.78, 5) is 10.6. The van der Waals surface area contributed by atoms with Crippen LogP contribution in [0.3, 0.4) is 0 Å². The Morgan fingerprint density at radius 2 is 1.94 bits per heavy atom. The van der Waals surface area contributed by atoms with Gasteiger partial charge in [-0.1, -0.05) is 12.1 Å². The first kappa shape index (κ1) is 16.3. The van der Waals surface area contributed by atoms with Crippen molar-refractivity contribution in [3.05, 3.63) is 35.4 Å². The van der Waals surface area contributed by atoms with Gasteiger partial charge < -0.3 is 5.73 Å². The minimum atomic E-state index is -4.42. The predicted octanol–water partition coefficient (Wildman–Crippen LogP) is 2.96. The normalized spacial score (nSPS) is 10.5. The minimum Gasteiger partial charge on any atom is -0.329 e. The monoisotopic (exact) mass is 285 g/mol. The molecule has 0 unspecified atom stereocenters. The molecule has 0 heterocycles. The zero-order valence-electron chi connectivity index (χ0n) is 8.67. The smallest absolute Gasteiger partial charge is 0.329 e. The summed E-state index contributed by atoms with van der Waals surface area (Å²) in [6, 6.07) is 4.13. The van der Waals surface area contributed by atoms with Gasteiger partial charge in [0.25, 0.3) is 0 Å². The third kappa shape index (κ3) is 6.55. The van der Waals surface area contributed by atoms with Gasteiger partial charge in [0, 0.05) is 18.0 Å². The molecule has 0 aliphatic carbocycles. The molecule has 0 amide bonds. The van der Waals surface area contributed by atoms with Crippen LogP contribution in [0.25, 0.3) is 0 Å². The molecule has 1 rings (SSSR count). The van der Waals surface area contributed by atoms with Crippen LogP contribution < -0.4 is 5.73 Å².